The molecule has 0 aliphatic carbocycles. The SMILES string of the molecule is C=C(Br)C[C@H](O)[C@H]1[C@@H](C(=C)C)C(=O)N1c1ccc(OC)cc1. The molecule has 0 bridgehead atoms. The van der Waals surface area contributed by atoms with E-state index in [0.717, 1.165) is 17.0 Å². The average molecular weight is 366 g/mol. The summed E-state index contributed by atoms with van der Waals surface area (Å²) in [6.45, 7) is 9.46. The zero-order valence-electron chi connectivity index (χ0n) is 12.8. The molecule has 0 saturated carbocycles. The maximum atomic E-state index is 12.4. The van der Waals surface area contributed by atoms with Crippen molar-refractivity contribution in [2.24, 2.45) is 5.92 Å². The summed E-state index contributed by atoms with van der Waals surface area (Å²) in [6.07, 6.45) is -0.317. The second-order valence-electron chi connectivity index (χ2n) is 5.51. The van der Waals surface area contributed by atoms with Crippen LogP contribution in [0.4, 0.5) is 5.69 Å². The lowest BCUT2D eigenvalue weighted by molar-refractivity contribution is -0.131. The number of aliphatic hydroxyl groups is 1. The van der Waals surface area contributed by atoms with Crippen molar-refractivity contribution in [3.05, 3.63) is 47.5 Å². The van der Waals surface area contributed by atoms with Gasteiger partial charge in [0.1, 0.15) is 5.75 Å². The van der Waals surface area contributed by atoms with Crippen LogP contribution in [0.25, 0.3) is 0 Å². The Hall–Kier alpha value is -1.59. The predicted octanol–water partition coefficient (Wildman–Crippen LogP) is 3.26. The van der Waals surface area contributed by atoms with E-state index in [1.54, 1.807) is 24.1 Å². The van der Waals surface area contributed by atoms with Gasteiger partial charge in [0, 0.05) is 12.1 Å². The van der Waals surface area contributed by atoms with E-state index in [2.05, 4.69) is 29.1 Å². The first-order chi connectivity index (χ1) is 10.4. The number of ether oxygens (including phenoxy) is 1. The normalized spacial score (nSPS) is 22.0. The summed E-state index contributed by atoms with van der Waals surface area (Å²) in [5.74, 6) is 0.324. The molecule has 1 amide bonds. The Morgan fingerprint density at radius 1 is 1.41 bits per heavy atom. The Kier molecular flexibility index (Phi) is 5.08. The number of halogens is 1. The third kappa shape index (κ3) is 3.10. The van der Waals surface area contributed by atoms with Gasteiger partial charge in [-0.25, -0.2) is 0 Å². The number of hydrogen-bond acceptors (Lipinski definition) is 3. The number of benzene rings is 1. The highest BCUT2D eigenvalue weighted by Crippen LogP contribution is 2.40. The van der Waals surface area contributed by atoms with Crippen molar-refractivity contribution in [1.29, 1.82) is 0 Å². The second-order valence-corrected chi connectivity index (χ2v) is 6.63. The number of methoxy groups -OCH3 is 1. The molecule has 0 unspecified atom stereocenters. The highest BCUT2D eigenvalue weighted by atomic mass is 79.9. The summed E-state index contributed by atoms with van der Waals surface area (Å²) in [5, 5.41) is 10.5. The largest absolute Gasteiger partial charge is 0.497 e. The Morgan fingerprint density at radius 3 is 2.45 bits per heavy atom. The van der Waals surface area contributed by atoms with E-state index in [-0.39, 0.29) is 17.9 Å². The van der Waals surface area contributed by atoms with Crippen molar-refractivity contribution in [2.75, 3.05) is 12.0 Å². The van der Waals surface area contributed by atoms with E-state index in [1.165, 1.54) is 0 Å². The fourth-order valence-corrected chi connectivity index (χ4v) is 3.13. The smallest absolute Gasteiger partial charge is 0.236 e. The summed E-state index contributed by atoms with van der Waals surface area (Å²) < 4.78 is 5.83. The number of hydrogen-bond donors (Lipinski definition) is 1. The number of amides is 1. The minimum Gasteiger partial charge on any atom is -0.497 e. The second kappa shape index (κ2) is 6.67. The van der Waals surface area contributed by atoms with E-state index in [9.17, 15) is 9.90 Å². The Morgan fingerprint density at radius 2 is 2.00 bits per heavy atom. The summed E-state index contributed by atoms with van der Waals surface area (Å²) in [5.41, 5.74) is 1.51. The van der Waals surface area contributed by atoms with Crippen LogP contribution in [0, 0.1) is 5.92 Å². The van der Waals surface area contributed by atoms with Crippen molar-refractivity contribution in [2.45, 2.75) is 25.5 Å². The molecule has 118 valence electrons. The average Bonchev–Trinajstić information content (AvgIpc) is 2.44. The Balaban J connectivity index is 2.29. The van der Waals surface area contributed by atoms with Gasteiger partial charge in [0.25, 0.3) is 0 Å². The van der Waals surface area contributed by atoms with Crippen LogP contribution in [0.5, 0.6) is 5.75 Å². The number of anilines is 1. The van der Waals surface area contributed by atoms with Gasteiger partial charge in [0.2, 0.25) is 5.91 Å². The molecule has 1 fully saturated rings. The van der Waals surface area contributed by atoms with Gasteiger partial charge in [-0.1, -0.05) is 34.7 Å². The van der Waals surface area contributed by atoms with Crippen molar-refractivity contribution in [3.8, 4) is 5.75 Å². The predicted molar refractivity (Wildman–Crippen MR) is 91.3 cm³/mol. The van der Waals surface area contributed by atoms with E-state index in [4.69, 9.17) is 4.74 Å². The minimum absolute atomic E-state index is 0.0399. The summed E-state index contributed by atoms with van der Waals surface area (Å²) in [6, 6.07) is 6.89. The topological polar surface area (TPSA) is 49.8 Å². The minimum atomic E-state index is -0.701. The third-order valence-electron chi connectivity index (χ3n) is 3.85. The maximum Gasteiger partial charge on any atom is 0.236 e. The first-order valence-corrected chi connectivity index (χ1v) is 7.80. The maximum absolute atomic E-state index is 12.4. The van der Waals surface area contributed by atoms with Gasteiger partial charge in [-0.2, -0.15) is 0 Å². The number of carbonyl (C=O) groups excluding carboxylic acids is 1. The molecule has 1 aromatic rings. The highest BCUT2D eigenvalue weighted by Gasteiger charge is 2.51. The molecule has 3 atom stereocenters. The highest BCUT2D eigenvalue weighted by molar-refractivity contribution is 9.11. The molecule has 1 aliphatic rings. The van der Waals surface area contributed by atoms with Crippen LogP contribution >= 0.6 is 15.9 Å². The zero-order chi connectivity index (χ0) is 16.4. The molecule has 0 aromatic heterocycles. The van der Waals surface area contributed by atoms with E-state index < -0.39 is 6.10 Å². The van der Waals surface area contributed by atoms with Gasteiger partial charge in [-0.3, -0.25) is 4.79 Å². The van der Waals surface area contributed by atoms with Crippen LogP contribution in [0.3, 0.4) is 0 Å². The zero-order valence-corrected chi connectivity index (χ0v) is 14.3. The molecular weight excluding hydrogens is 346 g/mol. The summed E-state index contributed by atoms with van der Waals surface area (Å²) in [4.78, 5) is 14.1. The molecule has 0 radical (unpaired) electrons. The molecule has 1 aliphatic heterocycles. The van der Waals surface area contributed by atoms with Crippen molar-refractivity contribution < 1.29 is 14.6 Å². The molecule has 1 N–H and O–H groups in total. The van der Waals surface area contributed by atoms with Gasteiger partial charge in [-0.15, -0.1) is 0 Å². The number of rotatable bonds is 6. The van der Waals surface area contributed by atoms with Gasteiger partial charge in [0.05, 0.1) is 25.2 Å². The first kappa shape index (κ1) is 16.8. The molecular formula is C17H20BrNO3. The van der Waals surface area contributed by atoms with Gasteiger partial charge < -0.3 is 14.7 Å². The monoisotopic (exact) mass is 365 g/mol. The fourth-order valence-electron chi connectivity index (χ4n) is 2.80. The lowest BCUT2D eigenvalue weighted by Crippen LogP contribution is -2.66. The standard InChI is InChI=1S/C17H20BrNO3/c1-10(2)15-16(14(20)9-11(3)18)19(17(15)21)12-5-7-13(22-4)8-6-12/h5-8,14-16,20H,1,3,9H2,2,4H3/t14-,15+,16-/m0/s1. The van der Waals surface area contributed by atoms with Gasteiger partial charge in [-0.05, 0) is 35.7 Å². The van der Waals surface area contributed by atoms with Crippen LogP contribution in [0.1, 0.15) is 13.3 Å². The molecule has 0 spiro atoms. The number of carbonyl (C=O) groups is 1. The molecule has 1 saturated heterocycles. The molecule has 4 nitrogen and oxygen atoms in total. The Labute approximate surface area is 139 Å². The van der Waals surface area contributed by atoms with Crippen LogP contribution < -0.4 is 9.64 Å². The van der Waals surface area contributed by atoms with Gasteiger partial charge in [0.15, 0.2) is 0 Å². The molecule has 2 rings (SSSR count). The number of aliphatic hydroxyl groups excluding tert-OH is 1. The third-order valence-corrected chi connectivity index (χ3v) is 4.17. The molecule has 1 aromatic carbocycles. The van der Waals surface area contributed by atoms with E-state index in [1.807, 2.05) is 19.1 Å². The van der Waals surface area contributed by atoms with Gasteiger partial charge >= 0.3 is 0 Å². The Bertz CT molecular complexity index is 596. The van der Waals surface area contributed by atoms with E-state index in [0.29, 0.717) is 10.9 Å². The molecule has 1 heterocycles. The van der Waals surface area contributed by atoms with Crippen LogP contribution in [0.2, 0.25) is 0 Å². The van der Waals surface area contributed by atoms with Crippen LogP contribution in [-0.4, -0.2) is 30.3 Å². The fraction of sp³-hybridized carbons (Fsp3) is 0.353. The van der Waals surface area contributed by atoms with E-state index >= 15 is 0 Å². The number of nitrogens with zero attached hydrogens (tertiary/aromatic N) is 1. The van der Waals surface area contributed by atoms with Crippen molar-refractivity contribution in [3.63, 3.8) is 0 Å². The summed E-state index contributed by atoms with van der Waals surface area (Å²) >= 11 is 3.27. The first-order valence-electron chi connectivity index (χ1n) is 7.00. The lowest BCUT2D eigenvalue weighted by Gasteiger charge is -2.49. The summed E-state index contributed by atoms with van der Waals surface area (Å²) in [7, 11) is 1.59. The molecule has 5 heteroatoms. The number of β-lactam (4-membered cyclic amide) rings is 1. The quantitative estimate of drug-likeness (QED) is 0.621. The van der Waals surface area contributed by atoms with Crippen molar-refractivity contribution in [1.82, 2.24) is 0 Å². The van der Waals surface area contributed by atoms with Crippen molar-refractivity contribution >= 4 is 27.5 Å². The molecule has 22 heavy (non-hydrogen) atoms. The lowest BCUT2D eigenvalue weighted by atomic mass is 9.78. The van der Waals surface area contributed by atoms with Crippen LogP contribution in [0.15, 0.2) is 47.5 Å². The van der Waals surface area contributed by atoms with Crippen LogP contribution in [-0.2, 0) is 4.79 Å².